The van der Waals surface area contributed by atoms with Crippen LogP contribution in [0.5, 0.6) is 0 Å². The summed E-state index contributed by atoms with van der Waals surface area (Å²) in [4.78, 5) is 12.7. The van der Waals surface area contributed by atoms with Gasteiger partial charge in [0.15, 0.2) is 5.78 Å². The molecule has 0 spiro atoms. The van der Waals surface area contributed by atoms with Crippen LogP contribution in [0, 0.1) is 6.07 Å². The molecule has 1 nitrogen and oxygen atoms in total. The van der Waals surface area contributed by atoms with Crippen LogP contribution in [0.1, 0.15) is 27.0 Å². The lowest BCUT2D eigenvalue weighted by atomic mass is 9.82. The molecule has 0 N–H and O–H groups in total. The molecule has 4 rings (SSSR count). The molecule has 0 atom stereocenters. The minimum Gasteiger partial charge on any atom is -0.289 e. The molecule has 3 aromatic carbocycles. The third-order valence-electron chi connectivity index (χ3n) is 3.79. The van der Waals surface area contributed by atoms with Crippen molar-refractivity contribution in [2.75, 3.05) is 0 Å². The Labute approximate surface area is 111 Å². The third kappa shape index (κ3) is 1.45. The van der Waals surface area contributed by atoms with Crippen molar-refractivity contribution in [1.29, 1.82) is 0 Å². The molecule has 1 aliphatic rings. The molecule has 19 heavy (non-hydrogen) atoms. The number of benzene rings is 3. The lowest BCUT2D eigenvalue weighted by Gasteiger charge is -2.19. The Morgan fingerprint density at radius 2 is 1.68 bits per heavy atom. The van der Waals surface area contributed by atoms with Gasteiger partial charge in [-0.3, -0.25) is 4.79 Å². The van der Waals surface area contributed by atoms with E-state index in [9.17, 15) is 4.79 Å². The Hall–Kier alpha value is -2.41. The molecule has 0 heterocycles. The van der Waals surface area contributed by atoms with Gasteiger partial charge in [0.05, 0.1) is 0 Å². The van der Waals surface area contributed by atoms with Crippen LogP contribution in [0.3, 0.4) is 0 Å². The van der Waals surface area contributed by atoms with Crippen molar-refractivity contribution in [2.45, 2.75) is 6.42 Å². The van der Waals surface area contributed by atoms with Gasteiger partial charge in [-0.05, 0) is 40.5 Å². The van der Waals surface area contributed by atoms with E-state index in [1.54, 1.807) is 0 Å². The highest BCUT2D eigenvalue weighted by molar-refractivity contribution is 6.19. The van der Waals surface area contributed by atoms with Crippen molar-refractivity contribution < 1.29 is 4.79 Å². The number of rotatable bonds is 0. The summed E-state index contributed by atoms with van der Waals surface area (Å²) in [5.74, 6) is 0.141. The summed E-state index contributed by atoms with van der Waals surface area (Å²) in [5.41, 5.74) is 3.89. The molecule has 0 saturated carbocycles. The Morgan fingerprint density at radius 3 is 2.63 bits per heavy atom. The molecule has 1 aliphatic carbocycles. The molecular weight excluding hydrogens is 232 g/mol. The molecule has 0 aliphatic heterocycles. The van der Waals surface area contributed by atoms with Gasteiger partial charge in [0.25, 0.3) is 0 Å². The van der Waals surface area contributed by atoms with Gasteiger partial charge in [0.2, 0.25) is 0 Å². The number of hydrogen-bond acceptors (Lipinski definition) is 1. The van der Waals surface area contributed by atoms with E-state index in [0.717, 1.165) is 39.4 Å². The second kappa shape index (κ2) is 3.79. The number of fused-ring (bicyclic) bond motifs is 4. The summed E-state index contributed by atoms with van der Waals surface area (Å²) < 4.78 is 0. The monoisotopic (exact) mass is 243 g/mol. The molecular formula is C18H11O. The first-order valence-electron chi connectivity index (χ1n) is 6.39. The maximum absolute atomic E-state index is 12.7. The van der Waals surface area contributed by atoms with Crippen LogP contribution in [-0.2, 0) is 6.42 Å². The fourth-order valence-corrected chi connectivity index (χ4v) is 2.88. The van der Waals surface area contributed by atoms with Crippen LogP contribution in [0.2, 0.25) is 0 Å². The zero-order valence-electron chi connectivity index (χ0n) is 10.3. The van der Waals surface area contributed by atoms with Gasteiger partial charge < -0.3 is 0 Å². The second-order valence-corrected chi connectivity index (χ2v) is 4.90. The zero-order chi connectivity index (χ0) is 12.8. The van der Waals surface area contributed by atoms with Crippen molar-refractivity contribution in [2.24, 2.45) is 0 Å². The Bertz CT molecular complexity index is 815. The quantitative estimate of drug-likeness (QED) is 0.459. The Morgan fingerprint density at radius 1 is 0.895 bits per heavy atom. The van der Waals surface area contributed by atoms with E-state index in [2.05, 4.69) is 6.07 Å². The number of ketones is 1. The minimum atomic E-state index is 0.141. The Balaban J connectivity index is 2.07. The van der Waals surface area contributed by atoms with E-state index < -0.39 is 0 Å². The highest BCUT2D eigenvalue weighted by Gasteiger charge is 2.24. The van der Waals surface area contributed by atoms with Gasteiger partial charge in [-0.2, -0.15) is 0 Å². The van der Waals surface area contributed by atoms with Crippen LogP contribution in [0.15, 0.2) is 54.6 Å². The SMILES string of the molecule is O=C1c2ccccc2Cc2c[c]c3ccccc3c21. The highest BCUT2D eigenvalue weighted by Crippen LogP contribution is 2.31. The van der Waals surface area contributed by atoms with Gasteiger partial charge in [0.1, 0.15) is 0 Å². The van der Waals surface area contributed by atoms with Gasteiger partial charge in [0, 0.05) is 11.1 Å². The first-order valence-corrected chi connectivity index (χ1v) is 6.39. The zero-order valence-corrected chi connectivity index (χ0v) is 10.3. The van der Waals surface area contributed by atoms with Crippen LogP contribution in [0.25, 0.3) is 10.8 Å². The summed E-state index contributed by atoms with van der Waals surface area (Å²) in [6.07, 6.45) is 0.818. The first-order chi connectivity index (χ1) is 9.34. The van der Waals surface area contributed by atoms with Crippen molar-refractivity contribution in [3.05, 3.63) is 82.9 Å². The molecule has 0 fully saturated rings. The standard InChI is InChI=1S/C18H11O/c19-18-16-8-4-2-6-13(16)11-14-10-9-12-5-1-3-7-15(12)17(14)18/h1-8,10H,11H2. The summed E-state index contributed by atoms with van der Waals surface area (Å²) >= 11 is 0. The molecule has 0 amide bonds. The third-order valence-corrected chi connectivity index (χ3v) is 3.79. The summed E-state index contributed by atoms with van der Waals surface area (Å²) in [5, 5.41) is 2.02. The van der Waals surface area contributed by atoms with E-state index >= 15 is 0 Å². The minimum absolute atomic E-state index is 0.141. The predicted molar refractivity (Wildman–Crippen MR) is 75.5 cm³/mol. The topological polar surface area (TPSA) is 17.1 Å². The van der Waals surface area contributed by atoms with Crippen LogP contribution in [0.4, 0.5) is 0 Å². The van der Waals surface area contributed by atoms with Crippen molar-refractivity contribution >= 4 is 16.6 Å². The maximum Gasteiger partial charge on any atom is 0.194 e. The predicted octanol–water partition coefficient (Wildman–Crippen LogP) is 3.78. The fourth-order valence-electron chi connectivity index (χ4n) is 2.88. The van der Waals surface area contributed by atoms with E-state index in [-0.39, 0.29) is 5.78 Å². The van der Waals surface area contributed by atoms with Gasteiger partial charge in [-0.25, -0.2) is 0 Å². The molecule has 1 radical (unpaired) electrons. The van der Waals surface area contributed by atoms with E-state index in [4.69, 9.17) is 0 Å². The van der Waals surface area contributed by atoms with Crippen molar-refractivity contribution in [3.8, 4) is 0 Å². The number of carbonyl (C=O) groups excluding carboxylic acids is 1. The molecule has 0 bridgehead atoms. The Kier molecular flexibility index (Phi) is 2.10. The smallest absolute Gasteiger partial charge is 0.194 e. The van der Waals surface area contributed by atoms with Crippen LogP contribution in [-0.4, -0.2) is 5.78 Å². The molecule has 1 heteroatoms. The normalized spacial score (nSPS) is 13.2. The molecule has 89 valence electrons. The summed E-state index contributed by atoms with van der Waals surface area (Å²) in [7, 11) is 0. The second-order valence-electron chi connectivity index (χ2n) is 4.90. The van der Waals surface area contributed by atoms with Crippen molar-refractivity contribution in [1.82, 2.24) is 0 Å². The van der Waals surface area contributed by atoms with Crippen LogP contribution >= 0.6 is 0 Å². The molecule has 0 aromatic heterocycles. The molecule has 0 unspecified atom stereocenters. The number of carbonyl (C=O) groups is 1. The van der Waals surface area contributed by atoms with Gasteiger partial charge in [-0.1, -0.05) is 48.5 Å². The summed E-state index contributed by atoms with van der Waals surface area (Å²) in [6.45, 7) is 0. The first kappa shape index (κ1) is 10.5. The lowest BCUT2D eigenvalue weighted by Crippen LogP contribution is -2.15. The largest absolute Gasteiger partial charge is 0.289 e. The highest BCUT2D eigenvalue weighted by atomic mass is 16.1. The molecule has 3 aromatic rings. The number of hydrogen-bond donors (Lipinski definition) is 0. The average Bonchev–Trinajstić information content (AvgIpc) is 2.47. The van der Waals surface area contributed by atoms with Gasteiger partial charge >= 0.3 is 0 Å². The average molecular weight is 243 g/mol. The fraction of sp³-hybridized carbons (Fsp3) is 0.0556. The van der Waals surface area contributed by atoms with E-state index in [0.29, 0.717) is 0 Å². The van der Waals surface area contributed by atoms with Crippen LogP contribution < -0.4 is 0 Å². The summed E-state index contributed by atoms with van der Waals surface area (Å²) in [6, 6.07) is 21.1. The molecule has 0 saturated heterocycles. The van der Waals surface area contributed by atoms with E-state index in [1.807, 2.05) is 54.6 Å². The lowest BCUT2D eigenvalue weighted by molar-refractivity contribution is 0.103. The van der Waals surface area contributed by atoms with Crippen molar-refractivity contribution in [3.63, 3.8) is 0 Å². The van der Waals surface area contributed by atoms with E-state index in [1.165, 1.54) is 0 Å². The maximum atomic E-state index is 12.7. The van der Waals surface area contributed by atoms with Gasteiger partial charge in [-0.15, -0.1) is 0 Å².